The highest BCUT2D eigenvalue weighted by Crippen LogP contribution is 2.07. The zero-order valence-corrected chi connectivity index (χ0v) is 29.0. The Morgan fingerprint density at radius 1 is 0.686 bits per heavy atom. The number of aryl methyl sites for hydroxylation is 1. The van der Waals surface area contributed by atoms with Gasteiger partial charge in [-0.1, -0.05) is 94.1 Å². The van der Waals surface area contributed by atoms with Crippen molar-refractivity contribution < 1.29 is 0 Å². The van der Waals surface area contributed by atoms with Crippen LogP contribution in [0.2, 0.25) is 0 Å². The van der Waals surface area contributed by atoms with Gasteiger partial charge in [-0.25, -0.2) is 0 Å². The second-order valence-electron chi connectivity index (χ2n) is 8.55. The van der Waals surface area contributed by atoms with Gasteiger partial charge >= 0.3 is 0 Å². The van der Waals surface area contributed by atoms with E-state index in [4.69, 9.17) is 0 Å². The van der Waals surface area contributed by atoms with Gasteiger partial charge in [0.2, 0.25) is 0 Å². The van der Waals surface area contributed by atoms with Crippen LogP contribution >= 0.6 is 61.2 Å². The van der Waals surface area contributed by atoms with Crippen molar-refractivity contribution >= 4 is 67.3 Å². The minimum atomic E-state index is 0. The molecule has 0 N–H and O–H groups in total. The van der Waals surface area contributed by atoms with Gasteiger partial charge in [0.05, 0.1) is 0 Å². The summed E-state index contributed by atoms with van der Waals surface area (Å²) in [7, 11) is 0. The summed E-state index contributed by atoms with van der Waals surface area (Å²) in [4.78, 5) is 5.08. The Labute approximate surface area is 258 Å². The quantitative estimate of drug-likeness (QED) is 0.268. The lowest BCUT2D eigenvalue weighted by molar-refractivity contribution is 0.339. The summed E-state index contributed by atoms with van der Waals surface area (Å²) in [5.74, 6) is 0. The lowest BCUT2D eigenvalue weighted by Crippen LogP contribution is -2.19. The summed E-state index contributed by atoms with van der Waals surface area (Å²) in [5, 5.41) is 0. The van der Waals surface area contributed by atoms with E-state index in [1.807, 2.05) is 42.5 Å². The van der Waals surface area contributed by atoms with Crippen LogP contribution in [-0.2, 0) is 6.42 Å². The molecule has 0 aliphatic carbocycles. The van der Waals surface area contributed by atoms with Crippen LogP contribution in [0.25, 0.3) is 6.08 Å². The first-order chi connectivity index (χ1) is 16.7. The monoisotopic (exact) mass is 818 g/mol. The fourth-order valence-electron chi connectivity index (χ4n) is 3.95. The number of benzene rings is 2. The van der Waals surface area contributed by atoms with Crippen LogP contribution in [0.3, 0.4) is 0 Å². The van der Waals surface area contributed by atoms with Crippen LogP contribution in [0.4, 0.5) is 0 Å². The third-order valence-corrected chi connectivity index (χ3v) is 5.76. The van der Waals surface area contributed by atoms with Crippen LogP contribution in [0.1, 0.15) is 70.4 Å². The predicted octanol–water partition coefficient (Wildman–Crippen LogP) is 9.95. The average Bonchev–Trinajstić information content (AvgIpc) is 3.63. The second kappa shape index (κ2) is 28.9. The van der Waals surface area contributed by atoms with Crippen molar-refractivity contribution in [3.8, 4) is 0 Å². The highest BCUT2D eigenvalue weighted by atomic mass is 128. The van der Waals surface area contributed by atoms with Crippen molar-refractivity contribution in [2.24, 2.45) is 0 Å². The molecule has 0 saturated carbocycles. The van der Waals surface area contributed by atoms with Gasteiger partial charge in [0.1, 0.15) is 0 Å². The van der Waals surface area contributed by atoms with Crippen molar-refractivity contribution in [1.29, 1.82) is 0 Å². The number of nitrogens with zero attached hydrogens (tertiary/aromatic N) is 2. The summed E-state index contributed by atoms with van der Waals surface area (Å²) in [6.45, 7) is 18.3. The molecule has 0 atom stereocenters. The van der Waals surface area contributed by atoms with Crippen molar-refractivity contribution in [2.45, 2.75) is 65.7 Å². The molecule has 4 rings (SSSR count). The molecule has 2 aromatic carbocycles. The molecule has 2 saturated heterocycles. The summed E-state index contributed by atoms with van der Waals surface area (Å²) in [5.41, 5.74) is 2.58. The van der Waals surface area contributed by atoms with E-state index < -0.39 is 0 Å². The Bertz CT molecular complexity index is 638. The molecule has 5 heteroatoms. The molecule has 200 valence electrons. The molecular formula is C30H49I3N2. The van der Waals surface area contributed by atoms with Crippen molar-refractivity contribution in [3.63, 3.8) is 0 Å². The molecular weight excluding hydrogens is 769 g/mol. The van der Waals surface area contributed by atoms with Gasteiger partial charge in [-0.15, -0.1) is 24.0 Å². The summed E-state index contributed by atoms with van der Waals surface area (Å²) < 4.78 is 0. The average molecular weight is 818 g/mol. The largest absolute Gasteiger partial charge is 0.303 e. The van der Waals surface area contributed by atoms with Crippen molar-refractivity contribution in [1.82, 2.24) is 9.80 Å². The highest BCUT2D eigenvalue weighted by Gasteiger charge is 2.09. The second-order valence-corrected chi connectivity index (χ2v) is 8.55. The zero-order chi connectivity index (χ0) is 25.3. The molecule has 0 aromatic heterocycles. The Kier molecular flexibility index (Phi) is 30.9. The smallest absolute Gasteiger partial charge is 0 e. The first-order valence-electron chi connectivity index (χ1n) is 13.0. The van der Waals surface area contributed by atoms with Crippen LogP contribution in [-0.4, -0.2) is 49.1 Å². The summed E-state index contributed by atoms with van der Waals surface area (Å²) in [6, 6.07) is 20.5. The lowest BCUT2D eigenvalue weighted by Gasteiger charge is -2.11. The molecule has 2 aliphatic heterocycles. The number of halogens is 3. The first kappa shape index (κ1) is 37.4. The molecule has 2 heterocycles. The third kappa shape index (κ3) is 22.0. The number of rotatable bonds is 6. The maximum Gasteiger partial charge on any atom is 0 e. The standard InChI is InChI=1S/C8H10.C8H8.2C7H15N.I2.HI/c2*1-2-8-6-4-3-5-7-8;2*1-2-5-8-6-3-4-7-8;1-2;/h3-7H,2H2,1H3;2-7H,1H2;2*2-7H2,1H3;;1H. The van der Waals surface area contributed by atoms with E-state index in [2.05, 4.69) is 98.6 Å². The number of likely N-dealkylation sites (tertiary alicyclic amines) is 2. The van der Waals surface area contributed by atoms with Gasteiger partial charge in [0.15, 0.2) is 0 Å². The van der Waals surface area contributed by atoms with Crippen LogP contribution < -0.4 is 0 Å². The molecule has 0 radical (unpaired) electrons. The normalized spacial score (nSPS) is 14.3. The Hall–Kier alpha value is 0.290. The summed E-state index contributed by atoms with van der Waals surface area (Å²) >= 11 is 4.24. The van der Waals surface area contributed by atoms with E-state index in [1.165, 1.54) is 88.9 Å². The summed E-state index contributed by atoms with van der Waals surface area (Å²) in [6.07, 6.45) is 11.3. The molecule has 2 aliphatic rings. The van der Waals surface area contributed by atoms with Crippen LogP contribution in [0.5, 0.6) is 0 Å². The van der Waals surface area contributed by atoms with Crippen LogP contribution in [0.15, 0.2) is 67.2 Å². The van der Waals surface area contributed by atoms with Gasteiger partial charge in [-0.3, -0.25) is 0 Å². The maximum atomic E-state index is 3.63. The van der Waals surface area contributed by atoms with Crippen molar-refractivity contribution in [2.75, 3.05) is 39.3 Å². The zero-order valence-electron chi connectivity index (χ0n) is 22.3. The first-order valence-corrected chi connectivity index (χ1v) is 19.3. The predicted molar refractivity (Wildman–Crippen MR) is 188 cm³/mol. The Morgan fingerprint density at radius 3 is 1.31 bits per heavy atom. The molecule has 0 bridgehead atoms. The molecule has 2 aromatic rings. The fraction of sp³-hybridized carbons (Fsp3) is 0.533. The van der Waals surface area contributed by atoms with E-state index in [-0.39, 0.29) is 24.0 Å². The van der Waals surface area contributed by atoms with Gasteiger partial charge in [0.25, 0.3) is 0 Å². The fourth-order valence-corrected chi connectivity index (χ4v) is 3.95. The lowest BCUT2D eigenvalue weighted by atomic mass is 10.2. The van der Waals surface area contributed by atoms with E-state index >= 15 is 0 Å². The molecule has 0 unspecified atom stereocenters. The molecule has 0 spiro atoms. The van der Waals surface area contributed by atoms with E-state index in [0.717, 1.165) is 6.42 Å². The van der Waals surface area contributed by atoms with E-state index in [0.29, 0.717) is 0 Å². The SMILES string of the molecule is C=Cc1ccccc1.CCCN1CCCC1.CCCN1CCCC1.CCc1ccccc1.I.II. The number of hydrogen-bond acceptors (Lipinski definition) is 2. The van der Waals surface area contributed by atoms with Gasteiger partial charge in [-0.2, -0.15) is 0 Å². The van der Waals surface area contributed by atoms with Gasteiger partial charge in [-0.05, 0) is 95.3 Å². The molecule has 2 nitrogen and oxygen atoms in total. The highest BCUT2D eigenvalue weighted by molar-refractivity contribution is 15.0. The third-order valence-electron chi connectivity index (χ3n) is 5.76. The van der Waals surface area contributed by atoms with Gasteiger partial charge < -0.3 is 9.80 Å². The van der Waals surface area contributed by atoms with Crippen LogP contribution in [0, 0.1) is 0 Å². The van der Waals surface area contributed by atoms with E-state index in [1.54, 1.807) is 0 Å². The van der Waals surface area contributed by atoms with E-state index in [9.17, 15) is 0 Å². The molecule has 0 amide bonds. The van der Waals surface area contributed by atoms with Crippen molar-refractivity contribution in [3.05, 3.63) is 78.4 Å². The Balaban J connectivity index is 0. The topological polar surface area (TPSA) is 6.48 Å². The molecule has 2 fully saturated rings. The number of hydrogen-bond donors (Lipinski definition) is 0. The minimum Gasteiger partial charge on any atom is -0.303 e. The van der Waals surface area contributed by atoms with Gasteiger partial charge in [0, 0.05) is 37.2 Å². The Morgan fingerprint density at radius 2 is 1.06 bits per heavy atom. The molecule has 35 heavy (non-hydrogen) atoms. The minimum absolute atomic E-state index is 0. The maximum absolute atomic E-state index is 3.63.